The Morgan fingerprint density at radius 3 is 2.48 bits per heavy atom. The molecule has 106 valence electrons. The van der Waals surface area contributed by atoms with E-state index in [1.165, 1.54) is 28.8 Å². The van der Waals surface area contributed by atoms with Crippen molar-refractivity contribution >= 4 is 5.78 Å². The summed E-state index contributed by atoms with van der Waals surface area (Å²) >= 11 is 0. The van der Waals surface area contributed by atoms with Crippen LogP contribution < -0.4 is 0 Å². The van der Waals surface area contributed by atoms with E-state index in [0.717, 1.165) is 12.8 Å². The maximum atomic E-state index is 13.0. The predicted octanol–water partition coefficient (Wildman–Crippen LogP) is 2.22. The molecule has 2 N–H and O–H groups in total. The maximum Gasteiger partial charge on any atom is 0.259 e. The van der Waals surface area contributed by atoms with E-state index in [2.05, 4.69) is 15.1 Å². The fourth-order valence-corrected chi connectivity index (χ4v) is 2.28. The fourth-order valence-electron chi connectivity index (χ4n) is 2.28. The average molecular weight is 286 g/mol. The number of rotatable bonds is 2. The van der Waals surface area contributed by atoms with E-state index in [9.17, 15) is 14.6 Å². The molecule has 2 heterocycles. The molecule has 0 amide bonds. The van der Waals surface area contributed by atoms with Crippen molar-refractivity contribution < 1.29 is 14.6 Å². The van der Waals surface area contributed by atoms with Crippen LogP contribution >= 0.6 is 0 Å². The van der Waals surface area contributed by atoms with E-state index in [4.69, 9.17) is 0 Å². The zero-order valence-corrected chi connectivity index (χ0v) is 10.9. The maximum absolute atomic E-state index is 13.0. The number of aromatic nitrogens is 4. The number of halogens is 1. The van der Waals surface area contributed by atoms with Crippen LogP contribution in [0.25, 0.3) is 16.9 Å². The molecule has 4 rings (SSSR count). The molecule has 2 aromatic heterocycles. The summed E-state index contributed by atoms with van der Waals surface area (Å²) < 4.78 is 14.2. The van der Waals surface area contributed by atoms with E-state index in [0.29, 0.717) is 17.3 Å². The van der Waals surface area contributed by atoms with Crippen LogP contribution in [0.1, 0.15) is 24.6 Å². The zero-order chi connectivity index (χ0) is 14.6. The number of fused-ring (bicyclic) bond motifs is 1. The van der Waals surface area contributed by atoms with Crippen LogP contribution in [0.2, 0.25) is 0 Å². The van der Waals surface area contributed by atoms with Gasteiger partial charge in [-0.05, 0) is 30.5 Å². The SMILES string of the molecule is Oc1nc2nc(C3CC3)nn2c(O)c1-c1ccc(F)cc1. The third-order valence-corrected chi connectivity index (χ3v) is 3.54. The van der Waals surface area contributed by atoms with Crippen molar-refractivity contribution in [3.05, 3.63) is 35.9 Å². The van der Waals surface area contributed by atoms with Gasteiger partial charge in [0.05, 0.1) is 0 Å². The largest absolute Gasteiger partial charge is 0.493 e. The molecule has 0 spiro atoms. The monoisotopic (exact) mass is 286 g/mol. The van der Waals surface area contributed by atoms with Crippen molar-refractivity contribution in [3.63, 3.8) is 0 Å². The van der Waals surface area contributed by atoms with Crippen LogP contribution in [0.4, 0.5) is 4.39 Å². The normalized spacial score (nSPS) is 14.7. The van der Waals surface area contributed by atoms with Gasteiger partial charge in [0.2, 0.25) is 11.8 Å². The smallest absolute Gasteiger partial charge is 0.259 e. The molecule has 6 nitrogen and oxygen atoms in total. The lowest BCUT2D eigenvalue weighted by atomic mass is 10.1. The highest BCUT2D eigenvalue weighted by atomic mass is 19.1. The van der Waals surface area contributed by atoms with Gasteiger partial charge < -0.3 is 10.2 Å². The average Bonchev–Trinajstić information content (AvgIpc) is 3.22. The van der Waals surface area contributed by atoms with E-state index in [-0.39, 0.29) is 23.1 Å². The minimum Gasteiger partial charge on any atom is -0.493 e. The lowest BCUT2D eigenvalue weighted by molar-refractivity contribution is 0.416. The van der Waals surface area contributed by atoms with Crippen molar-refractivity contribution in [3.8, 4) is 22.9 Å². The summed E-state index contributed by atoms with van der Waals surface area (Å²) in [5.74, 6) is 0.0575. The summed E-state index contributed by atoms with van der Waals surface area (Å²) in [7, 11) is 0. The van der Waals surface area contributed by atoms with Gasteiger partial charge in [-0.3, -0.25) is 0 Å². The number of nitrogens with zero attached hydrogens (tertiary/aromatic N) is 4. The van der Waals surface area contributed by atoms with Gasteiger partial charge in [0.1, 0.15) is 11.4 Å². The highest BCUT2D eigenvalue weighted by Gasteiger charge is 2.29. The van der Waals surface area contributed by atoms with E-state index < -0.39 is 5.82 Å². The van der Waals surface area contributed by atoms with Crippen LogP contribution in [-0.2, 0) is 0 Å². The lowest BCUT2D eigenvalue weighted by Gasteiger charge is -2.07. The zero-order valence-electron chi connectivity index (χ0n) is 10.9. The van der Waals surface area contributed by atoms with Crippen LogP contribution in [0.3, 0.4) is 0 Å². The molecule has 1 saturated carbocycles. The van der Waals surface area contributed by atoms with E-state index >= 15 is 0 Å². The summed E-state index contributed by atoms with van der Waals surface area (Å²) in [5.41, 5.74) is 0.555. The van der Waals surface area contributed by atoms with Gasteiger partial charge in [-0.2, -0.15) is 14.5 Å². The molecule has 0 unspecified atom stereocenters. The summed E-state index contributed by atoms with van der Waals surface area (Å²) in [6, 6.07) is 5.40. The quantitative estimate of drug-likeness (QED) is 0.754. The molecular formula is C14H11FN4O2. The third-order valence-electron chi connectivity index (χ3n) is 3.54. The Kier molecular flexibility index (Phi) is 2.38. The Morgan fingerprint density at radius 1 is 1.10 bits per heavy atom. The first kappa shape index (κ1) is 12.1. The first-order valence-electron chi connectivity index (χ1n) is 6.58. The standard InChI is InChI=1S/C14H11FN4O2/c15-9-5-3-7(4-6-9)10-12(20)17-14-16-11(8-1-2-8)18-19(14)13(10)21/h3-6,8,21H,1-2H2,(H,16,17,18,20). The van der Waals surface area contributed by atoms with Crippen molar-refractivity contribution in [2.24, 2.45) is 0 Å². The van der Waals surface area contributed by atoms with Crippen molar-refractivity contribution in [2.75, 3.05) is 0 Å². The molecule has 21 heavy (non-hydrogen) atoms. The minimum absolute atomic E-state index is 0.106. The molecule has 1 aromatic carbocycles. The van der Waals surface area contributed by atoms with Gasteiger partial charge in [0.15, 0.2) is 5.82 Å². The molecule has 1 aliphatic rings. The first-order valence-corrected chi connectivity index (χ1v) is 6.58. The summed E-state index contributed by atoms with van der Waals surface area (Å²) in [4.78, 5) is 8.16. The first-order chi connectivity index (χ1) is 10.1. The molecular weight excluding hydrogens is 275 g/mol. The summed E-state index contributed by atoms with van der Waals surface area (Å²) in [6.45, 7) is 0. The predicted molar refractivity (Wildman–Crippen MR) is 71.5 cm³/mol. The summed E-state index contributed by atoms with van der Waals surface area (Å²) in [6.07, 6.45) is 2.04. The number of hydrogen-bond donors (Lipinski definition) is 2. The second kappa shape index (κ2) is 4.15. The number of benzene rings is 1. The molecule has 7 heteroatoms. The Bertz CT molecular complexity index is 840. The number of hydrogen-bond acceptors (Lipinski definition) is 5. The van der Waals surface area contributed by atoms with Crippen LogP contribution in [0.15, 0.2) is 24.3 Å². The Labute approximate surface area is 118 Å². The van der Waals surface area contributed by atoms with Gasteiger partial charge in [0, 0.05) is 5.92 Å². The lowest BCUT2D eigenvalue weighted by Crippen LogP contribution is -1.96. The topological polar surface area (TPSA) is 83.5 Å². The molecule has 0 bridgehead atoms. The van der Waals surface area contributed by atoms with Crippen LogP contribution in [0.5, 0.6) is 11.8 Å². The third kappa shape index (κ3) is 1.89. The molecule has 0 saturated heterocycles. The van der Waals surface area contributed by atoms with Crippen molar-refractivity contribution in [1.29, 1.82) is 0 Å². The van der Waals surface area contributed by atoms with Crippen molar-refractivity contribution in [1.82, 2.24) is 19.6 Å². The Hall–Kier alpha value is -2.70. The van der Waals surface area contributed by atoms with Crippen LogP contribution in [-0.4, -0.2) is 29.8 Å². The summed E-state index contributed by atoms with van der Waals surface area (Å²) in [5, 5.41) is 24.6. The van der Waals surface area contributed by atoms with E-state index in [1.54, 1.807) is 0 Å². The van der Waals surface area contributed by atoms with Gasteiger partial charge in [-0.15, -0.1) is 5.10 Å². The van der Waals surface area contributed by atoms with Gasteiger partial charge in [0.25, 0.3) is 5.78 Å². The molecule has 0 aliphatic heterocycles. The van der Waals surface area contributed by atoms with E-state index in [1.807, 2.05) is 0 Å². The molecule has 0 atom stereocenters. The van der Waals surface area contributed by atoms with Crippen LogP contribution in [0, 0.1) is 5.82 Å². The van der Waals surface area contributed by atoms with Gasteiger partial charge >= 0.3 is 0 Å². The molecule has 1 aliphatic carbocycles. The fraction of sp³-hybridized carbons (Fsp3) is 0.214. The highest BCUT2D eigenvalue weighted by Crippen LogP contribution is 2.40. The molecule has 0 radical (unpaired) electrons. The second-order valence-corrected chi connectivity index (χ2v) is 5.10. The Balaban J connectivity index is 1.93. The number of aromatic hydroxyl groups is 2. The van der Waals surface area contributed by atoms with Gasteiger partial charge in [-0.1, -0.05) is 12.1 Å². The molecule has 3 aromatic rings. The minimum atomic E-state index is -0.399. The van der Waals surface area contributed by atoms with Crippen molar-refractivity contribution in [2.45, 2.75) is 18.8 Å². The second-order valence-electron chi connectivity index (χ2n) is 5.10. The van der Waals surface area contributed by atoms with Gasteiger partial charge in [-0.25, -0.2) is 4.39 Å². The Morgan fingerprint density at radius 2 is 1.81 bits per heavy atom. The molecule has 1 fully saturated rings. The highest BCUT2D eigenvalue weighted by molar-refractivity contribution is 5.74.